The van der Waals surface area contributed by atoms with Crippen molar-refractivity contribution in [1.82, 2.24) is 9.55 Å². The molecule has 0 aliphatic heterocycles. The molecule has 1 aliphatic carbocycles. The second-order valence-electron chi connectivity index (χ2n) is 8.58. The van der Waals surface area contributed by atoms with Crippen molar-refractivity contribution < 1.29 is 0 Å². The molecule has 6 rings (SSSR count). The lowest BCUT2D eigenvalue weighted by atomic mass is 10.0. The smallest absolute Gasteiger partial charge is 0.262 e. The number of nitrogens with zero attached hydrogens (tertiary/aromatic N) is 3. The van der Waals surface area contributed by atoms with Gasteiger partial charge in [-0.2, -0.15) is 5.26 Å². The highest BCUT2D eigenvalue weighted by Gasteiger charge is 2.23. The summed E-state index contributed by atoms with van der Waals surface area (Å²) in [5.41, 5.74) is 3.92. The summed E-state index contributed by atoms with van der Waals surface area (Å²) in [6.45, 7) is 0.405. The number of aromatic nitrogens is 2. The molecule has 0 unspecified atom stereocenters. The zero-order valence-corrected chi connectivity index (χ0v) is 18.9. The number of thiophene rings is 1. The maximum atomic E-state index is 13.8. The number of rotatable bonds is 4. The Kier molecular flexibility index (Phi) is 4.82. The Morgan fingerprint density at radius 3 is 2.79 bits per heavy atom. The van der Waals surface area contributed by atoms with Crippen molar-refractivity contribution in [3.8, 4) is 6.07 Å². The van der Waals surface area contributed by atoms with Crippen molar-refractivity contribution in [3.63, 3.8) is 0 Å². The van der Waals surface area contributed by atoms with Crippen LogP contribution in [0.4, 0.5) is 0 Å². The number of hydrogen-bond donors (Lipinski definition) is 0. The monoisotopic (exact) mass is 447 g/mol. The van der Waals surface area contributed by atoms with Gasteiger partial charge in [0.05, 0.1) is 23.6 Å². The van der Waals surface area contributed by atoms with Crippen LogP contribution in [0.15, 0.2) is 71.5 Å². The van der Waals surface area contributed by atoms with Gasteiger partial charge in [0.1, 0.15) is 10.7 Å². The molecule has 0 saturated carbocycles. The minimum atomic E-state index is 0.0389. The van der Waals surface area contributed by atoms with E-state index in [9.17, 15) is 10.1 Å². The molecule has 2 heterocycles. The Balaban J connectivity index is 1.54. The van der Waals surface area contributed by atoms with Crippen LogP contribution in [-0.2, 0) is 25.8 Å². The van der Waals surface area contributed by atoms with Crippen molar-refractivity contribution in [2.24, 2.45) is 0 Å². The van der Waals surface area contributed by atoms with E-state index in [1.54, 1.807) is 17.4 Å². The zero-order chi connectivity index (χ0) is 22.4. The topological polar surface area (TPSA) is 58.7 Å². The molecule has 33 heavy (non-hydrogen) atoms. The largest absolute Gasteiger partial charge is 0.291 e. The van der Waals surface area contributed by atoms with E-state index < -0.39 is 0 Å². The highest BCUT2D eigenvalue weighted by atomic mass is 32.1. The molecule has 3 aromatic carbocycles. The molecule has 1 aliphatic rings. The molecule has 0 N–H and O–H groups in total. The molecule has 0 saturated heterocycles. The summed E-state index contributed by atoms with van der Waals surface area (Å²) < 4.78 is 1.83. The summed E-state index contributed by atoms with van der Waals surface area (Å²) in [5, 5.41) is 12.5. The first-order valence-electron chi connectivity index (χ1n) is 11.2. The Bertz CT molecular complexity index is 1630. The molecule has 0 atom stereocenters. The highest BCUT2D eigenvalue weighted by Crippen LogP contribution is 2.35. The molecule has 5 heteroatoms. The molecular formula is C28H21N3OS. The molecule has 5 aromatic rings. The number of fused-ring (bicyclic) bond motifs is 4. The average Bonchev–Trinajstić information content (AvgIpc) is 3.43. The normalized spacial score (nSPS) is 12.8. The van der Waals surface area contributed by atoms with Gasteiger partial charge in [0.2, 0.25) is 0 Å². The van der Waals surface area contributed by atoms with E-state index in [1.807, 2.05) is 34.9 Å². The fraction of sp³-hybridized carbons (Fsp3) is 0.179. The quantitative estimate of drug-likeness (QED) is 0.360. The van der Waals surface area contributed by atoms with Gasteiger partial charge in [0.25, 0.3) is 5.56 Å². The second kappa shape index (κ2) is 7.99. The number of nitriles is 1. The maximum Gasteiger partial charge on any atom is 0.262 e. The van der Waals surface area contributed by atoms with E-state index in [0.717, 1.165) is 46.4 Å². The first-order chi connectivity index (χ1) is 16.2. The predicted octanol–water partition coefficient (Wildman–Crippen LogP) is 5.61. The molecule has 0 bridgehead atoms. The molecular weight excluding hydrogens is 426 g/mol. The van der Waals surface area contributed by atoms with Gasteiger partial charge in [-0.15, -0.1) is 11.3 Å². The Hall–Kier alpha value is -3.75. The third-order valence-corrected chi connectivity index (χ3v) is 7.71. The minimum absolute atomic E-state index is 0.0389. The fourth-order valence-corrected chi connectivity index (χ4v) is 6.23. The summed E-state index contributed by atoms with van der Waals surface area (Å²) in [6.07, 6.45) is 3.68. The SMILES string of the molecule is N#Cc1cccc(Cn2c(Cc3cccc4ccccc34)nc3sc4c(c3c2=O)CCC4)c1. The molecule has 2 aromatic heterocycles. The number of benzene rings is 3. The van der Waals surface area contributed by atoms with Crippen molar-refractivity contribution in [3.05, 3.63) is 110 Å². The number of hydrogen-bond acceptors (Lipinski definition) is 4. The van der Waals surface area contributed by atoms with E-state index in [4.69, 9.17) is 4.98 Å². The van der Waals surface area contributed by atoms with Crippen LogP contribution in [0.5, 0.6) is 0 Å². The minimum Gasteiger partial charge on any atom is -0.291 e. The van der Waals surface area contributed by atoms with Gasteiger partial charge in [-0.3, -0.25) is 9.36 Å². The molecule has 0 fully saturated rings. The van der Waals surface area contributed by atoms with Gasteiger partial charge in [-0.25, -0.2) is 4.98 Å². The molecule has 0 radical (unpaired) electrons. The van der Waals surface area contributed by atoms with Crippen molar-refractivity contribution in [2.45, 2.75) is 32.2 Å². The molecule has 0 spiro atoms. The van der Waals surface area contributed by atoms with Gasteiger partial charge in [-0.1, -0.05) is 54.6 Å². The van der Waals surface area contributed by atoms with Crippen LogP contribution < -0.4 is 5.56 Å². The summed E-state index contributed by atoms with van der Waals surface area (Å²) in [5.74, 6) is 0.770. The lowest BCUT2D eigenvalue weighted by molar-refractivity contribution is 0.695. The number of aryl methyl sites for hydroxylation is 2. The molecule has 4 nitrogen and oxygen atoms in total. The molecule has 160 valence electrons. The third-order valence-electron chi connectivity index (χ3n) is 6.53. The van der Waals surface area contributed by atoms with E-state index in [1.165, 1.54) is 21.2 Å². The van der Waals surface area contributed by atoms with E-state index in [-0.39, 0.29) is 5.56 Å². The van der Waals surface area contributed by atoms with E-state index in [2.05, 4.69) is 36.4 Å². The lowest BCUT2D eigenvalue weighted by Crippen LogP contribution is -2.26. The van der Waals surface area contributed by atoms with Crippen LogP contribution in [0.2, 0.25) is 0 Å². The Morgan fingerprint density at radius 2 is 1.88 bits per heavy atom. The lowest BCUT2D eigenvalue weighted by Gasteiger charge is -2.14. The highest BCUT2D eigenvalue weighted by molar-refractivity contribution is 7.18. The van der Waals surface area contributed by atoms with E-state index >= 15 is 0 Å². The van der Waals surface area contributed by atoms with Crippen LogP contribution >= 0.6 is 11.3 Å². The van der Waals surface area contributed by atoms with Crippen LogP contribution in [0, 0.1) is 11.3 Å². The van der Waals surface area contributed by atoms with Crippen LogP contribution in [0.3, 0.4) is 0 Å². The predicted molar refractivity (Wildman–Crippen MR) is 133 cm³/mol. The Morgan fingerprint density at radius 1 is 1.03 bits per heavy atom. The summed E-state index contributed by atoms with van der Waals surface area (Å²) in [7, 11) is 0. The summed E-state index contributed by atoms with van der Waals surface area (Å²) in [4.78, 5) is 21.1. The maximum absolute atomic E-state index is 13.8. The van der Waals surface area contributed by atoms with Crippen molar-refractivity contribution in [1.29, 1.82) is 5.26 Å². The van der Waals surface area contributed by atoms with Gasteiger partial charge in [0, 0.05) is 11.3 Å². The third kappa shape index (κ3) is 3.44. The fourth-order valence-electron chi connectivity index (χ4n) is 4.96. The van der Waals surface area contributed by atoms with Crippen molar-refractivity contribution >= 4 is 32.3 Å². The van der Waals surface area contributed by atoms with Gasteiger partial charge < -0.3 is 0 Å². The molecule has 0 amide bonds. The standard InChI is InChI=1S/C28H21N3OS/c29-16-18-6-3-7-19(14-18)17-31-25(15-21-10-4-9-20-8-1-2-11-22(20)21)30-27-26(28(31)32)23-12-5-13-24(23)33-27/h1-4,6-11,14H,5,12-13,15,17H2. The summed E-state index contributed by atoms with van der Waals surface area (Å²) >= 11 is 1.68. The van der Waals surface area contributed by atoms with Crippen LogP contribution in [0.1, 0.15) is 39.4 Å². The first kappa shape index (κ1) is 19.9. The van der Waals surface area contributed by atoms with Gasteiger partial charge >= 0.3 is 0 Å². The zero-order valence-electron chi connectivity index (χ0n) is 18.0. The summed E-state index contributed by atoms with van der Waals surface area (Å²) in [6, 6.07) is 24.3. The first-order valence-corrected chi connectivity index (χ1v) is 12.0. The van der Waals surface area contributed by atoms with Gasteiger partial charge in [-0.05, 0) is 58.9 Å². The van der Waals surface area contributed by atoms with Gasteiger partial charge in [0.15, 0.2) is 0 Å². The van der Waals surface area contributed by atoms with E-state index in [0.29, 0.717) is 18.5 Å². The van der Waals surface area contributed by atoms with Crippen LogP contribution in [0.25, 0.3) is 21.0 Å². The average molecular weight is 448 g/mol. The van der Waals surface area contributed by atoms with Crippen LogP contribution in [-0.4, -0.2) is 9.55 Å². The second-order valence-corrected chi connectivity index (χ2v) is 9.67. The van der Waals surface area contributed by atoms with Crippen molar-refractivity contribution in [2.75, 3.05) is 0 Å². The Labute approximate surface area is 195 Å².